The number of rotatable bonds is 5. The van der Waals surface area contributed by atoms with Crippen molar-refractivity contribution in [3.8, 4) is 0 Å². The summed E-state index contributed by atoms with van der Waals surface area (Å²) in [6.45, 7) is 1.17. The second-order valence-electron chi connectivity index (χ2n) is 4.50. The van der Waals surface area contributed by atoms with E-state index in [0.29, 0.717) is 0 Å². The van der Waals surface area contributed by atoms with E-state index in [1.165, 1.54) is 6.92 Å². The van der Waals surface area contributed by atoms with Gasteiger partial charge in [0, 0.05) is 18.1 Å². The van der Waals surface area contributed by atoms with Crippen molar-refractivity contribution in [3.05, 3.63) is 47.5 Å². The first-order valence-corrected chi connectivity index (χ1v) is 6.27. The topological polar surface area (TPSA) is 69.0 Å². The summed E-state index contributed by atoms with van der Waals surface area (Å²) in [6.07, 6.45) is -1.37. The number of nitrogens with zero attached hydrogens (tertiary/aromatic N) is 3. The minimum Gasteiger partial charge on any atom is -0.271 e. The molecule has 0 aliphatic rings. The Labute approximate surface area is 123 Å². The minimum absolute atomic E-state index is 0.103. The summed E-state index contributed by atoms with van der Waals surface area (Å²) in [5.41, 5.74) is 2.09. The van der Waals surface area contributed by atoms with E-state index in [0.717, 1.165) is 16.3 Å². The fourth-order valence-electron chi connectivity index (χ4n) is 1.66. The molecule has 0 aliphatic heterocycles. The molecule has 0 saturated heterocycles. The van der Waals surface area contributed by atoms with E-state index < -0.39 is 17.8 Å². The lowest BCUT2D eigenvalue weighted by molar-refractivity contribution is -0.142. The van der Waals surface area contributed by atoms with Crippen LogP contribution < -0.4 is 5.48 Å². The summed E-state index contributed by atoms with van der Waals surface area (Å²) in [5.74, 6) is -0.608. The van der Waals surface area contributed by atoms with Gasteiger partial charge >= 0.3 is 6.18 Å². The van der Waals surface area contributed by atoms with Gasteiger partial charge in [-0.2, -0.15) is 18.3 Å². The summed E-state index contributed by atoms with van der Waals surface area (Å²) in [5, 5.41) is 3.35. The minimum atomic E-state index is -4.54. The predicted octanol–water partition coefficient (Wildman–Crippen LogP) is 1.85. The molecular weight excluding hydrogens is 301 g/mol. The highest BCUT2D eigenvalue weighted by Gasteiger charge is 2.34. The van der Waals surface area contributed by atoms with Gasteiger partial charge in [-0.1, -0.05) is 6.07 Å². The highest BCUT2D eigenvalue weighted by Crippen LogP contribution is 2.28. The smallest absolute Gasteiger partial charge is 0.271 e. The third-order valence-corrected chi connectivity index (χ3v) is 2.71. The summed E-state index contributed by atoms with van der Waals surface area (Å²) in [7, 11) is 0. The Kier molecular flexibility index (Phi) is 4.76. The maximum atomic E-state index is 12.5. The van der Waals surface area contributed by atoms with Crippen molar-refractivity contribution in [3.63, 3.8) is 0 Å². The van der Waals surface area contributed by atoms with Crippen molar-refractivity contribution in [2.45, 2.75) is 26.3 Å². The number of aryl methyl sites for hydroxylation is 1. The van der Waals surface area contributed by atoms with Crippen LogP contribution in [0.2, 0.25) is 0 Å². The first-order chi connectivity index (χ1) is 10.4. The van der Waals surface area contributed by atoms with Crippen molar-refractivity contribution in [2.24, 2.45) is 0 Å². The first-order valence-electron chi connectivity index (χ1n) is 6.27. The lowest BCUT2D eigenvalue weighted by Crippen LogP contribution is -2.28. The summed E-state index contributed by atoms with van der Waals surface area (Å²) in [6, 6.07) is 4.35. The van der Waals surface area contributed by atoms with Gasteiger partial charge in [0.05, 0.1) is 0 Å². The van der Waals surface area contributed by atoms with Gasteiger partial charge < -0.3 is 0 Å². The van der Waals surface area contributed by atoms with Crippen molar-refractivity contribution in [2.75, 3.05) is 0 Å². The molecule has 0 aromatic carbocycles. The maximum Gasteiger partial charge on any atom is 0.435 e. The fraction of sp³-hybridized carbons (Fsp3) is 0.308. The second-order valence-corrected chi connectivity index (χ2v) is 4.50. The quantitative estimate of drug-likeness (QED) is 0.855. The number of carbonyl (C=O) groups excluding carboxylic acids is 1. The molecular formula is C13H13F3N4O2. The number of aromatic nitrogens is 3. The number of carbonyl (C=O) groups is 1. The molecule has 1 amide bonds. The predicted molar refractivity (Wildman–Crippen MR) is 69.1 cm³/mol. The van der Waals surface area contributed by atoms with Crippen LogP contribution in [0.5, 0.6) is 0 Å². The monoisotopic (exact) mass is 314 g/mol. The molecule has 22 heavy (non-hydrogen) atoms. The average molecular weight is 314 g/mol. The van der Waals surface area contributed by atoms with Crippen LogP contribution in [0.25, 0.3) is 0 Å². The van der Waals surface area contributed by atoms with E-state index in [1.54, 1.807) is 24.5 Å². The van der Waals surface area contributed by atoms with Gasteiger partial charge in [-0.3, -0.25) is 19.3 Å². The maximum absolute atomic E-state index is 12.5. The van der Waals surface area contributed by atoms with Gasteiger partial charge in [0.1, 0.15) is 13.2 Å². The molecule has 0 atom stereocenters. The Morgan fingerprint density at radius 2 is 2.23 bits per heavy atom. The SMILES string of the molecule is Cc1cc(C(F)(F)F)nn1CC(=O)NOCc1cccnc1. The molecule has 2 heterocycles. The van der Waals surface area contributed by atoms with Crippen LogP contribution in [0.15, 0.2) is 30.6 Å². The largest absolute Gasteiger partial charge is 0.435 e. The van der Waals surface area contributed by atoms with Crippen LogP contribution in [-0.2, 0) is 29.0 Å². The lowest BCUT2D eigenvalue weighted by Gasteiger charge is -2.07. The standard InChI is InChI=1S/C13H13F3N4O2/c1-9-5-11(13(14,15)16)18-20(9)7-12(21)19-22-8-10-3-2-4-17-6-10/h2-6H,7-8H2,1H3,(H,19,21). The number of hydrogen-bond acceptors (Lipinski definition) is 4. The Bertz CT molecular complexity index is 640. The van der Waals surface area contributed by atoms with Gasteiger partial charge in [0.25, 0.3) is 5.91 Å². The zero-order valence-electron chi connectivity index (χ0n) is 11.6. The van der Waals surface area contributed by atoms with Crippen LogP contribution in [0, 0.1) is 6.92 Å². The van der Waals surface area contributed by atoms with Crippen molar-refractivity contribution < 1.29 is 22.8 Å². The molecule has 9 heteroatoms. The van der Waals surface area contributed by atoms with Gasteiger partial charge in [-0.05, 0) is 24.6 Å². The first kappa shape index (κ1) is 16.0. The molecule has 0 fully saturated rings. The molecule has 2 aromatic rings. The number of hydroxylamine groups is 1. The molecule has 2 rings (SSSR count). The van der Waals surface area contributed by atoms with Gasteiger partial charge in [0.15, 0.2) is 5.69 Å². The van der Waals surface area contributed by atoms with Crippen LogP contribution >= 0.6 is 0 Å². The third kappa shape index (κ3) is 4.29. The van der Waals surface area contributed by atoms with E-state index >= 15 is 0 Å². The molecule has 0 spiro atoms. The molecule has 6 nitrogen and oxygen atoms in total. The third-order valence-electron chi connectivity index (χ3n) is 2.71. The van der Waals surface area contributed by atoms with Crippen LogP contribution in [0.4, 0.5) is 13.2 Å². The zero-order valence-corrected chi connectivity index (χ0v) is 11.6. The Hall–Kier alpha value is -2.42. The number of pyridine rings is 1. The highest BCUT2D eigenvalue weighted by molar-refractivity contribution is 5.74. The molecule has 0 radical (unpaired) electrons. The molecule has 0 saturated carbocycles. The summed E-state index contributed by atoms with van der Waals surface area (Å²) < 4.78 is 38.5. The molecule has 0 bridgehead atoms. The molecule has 2 aromatic heterocycles. The fourth-order valence-corrected chi connectivity index (χ4v) is 1.66. The molecule has 0 aliphatic carbocycles. The van der Waals surface area contributed by atoms with Gasteiger partial charge in [-0.25, -0.2) is 5.48 Å². The number of alkyl halides is 3. The summed E-state index contributed by atoms with van der Waals surface area (Å²) in [4.78, 5) is 20.5. The van der Waals surface area contributed by atoms with Crippen LogP contribution in [-0.4, -0.2) is 20.7 Å². The van der Waals surface area contributed by atoms with Crippen LogP contribution in [0.3, 0.4) is 0 Å². The number of amides is 1. The number of hydrogen-bond donors (Lipinski definition) is 1. The lowest BCUT2D eigenvalue weighted by atomic mass is 10.3. The number of halogens is 3. The van der Waals surface area contributed by atoms with Gasteiger partial charge in [0.2, 0.25) is 0 Å². The van der Waals surface area contributed by atoms with Crippen molar-refractivity contribution >= 4 is 5.91 Å². The Balaban J connectivity index is 1.86. The zero-order chi connectivity index (χ0) is 16.2. The van der Waals surface area contributed by atoms with E-state index in [9.17, 15) is 18.0 Å². The second kappa shape index (κ2) is 6.56. The molecule has 1 N–H and O–H groups in total. The van der Waals surface area contributed by atoms with E-state index in [2.05, 4.69) is 15.6 Å². The Morgan fingerprint density at radius 3 is 2.82 bits per heavy atom. The van der Waals surface area contributed by atoms with Crippen LogP contribution in [0.1, 0.15) is 17.0 Å². The highest BCUT2D eigenvalue weighted by atomic mass is 19.4. The normalized spacial score (nSPS) is 11.5. The van der Waals surface area contributed by atoms with E-state index in [1.807, 2.05) is 0 Å². The number of nitrogens with one attached hydrogen (secondary N) is 1. The van der Waals surface area contributed by atoms with E-state index in [-0.39, 0.29) is 18.8 Å². The Morgan fingerprint density at radius 1 is 1.45 bits per heavy atom. The molecule has 0 unspecified atom stereocenters. The average Bonchev–Trinajstić information content (AvgIpc) is 2.81. The van der Waals surface area contributed by atoms with E-state index in [4.69, 9.17) is 4.84 Å². The van der Waals surface area contributed by atoms with Crippen molar-refractivity contribution in [1.82, 2.24) is 20.2 Å². The molecule has 118 valence electrons. The summed E-state index contributed by atoms with van der Waals surface area (Å²) >= 11 is 0. The van der Waals surface area contributed by atoms with Crippen molar-refractivity contribution in [1.29, 1.82) is 0 Å². The van der Waals surface area contributed by atoms with Gasteiger partial charge in [-0.15, -0.1) is 0 Å².